The first kappa shape index (κ1) is 20.8. The molecule has 1 aliphatic rings. The third kappa shape index (κ3) is 4.50. The van der Waals surface area contributed by atoms with Gasteiger partial charge in [-0.25, -0.2) is 0 Å². The Morgan fingerprint density at radius 3 is 2.26 bits per heavy atom. The number of nitrogens with zero attached hydrogens (tertiary/aromatic N) is 1. The highest BCUT2D eigenvalue weighted by Crippen LogP contribution is 2.38. The Kier molecular flexibility index (Phi) is 6.41. The summed E-state index contributed by atoms with van der Waals surface area (Å²) >= 11 is 0. The molecular formula is C26H27NO4. The van der Waals surface area contributed by atoms with Gasteiger partial charge in [0.25, 0.3) is 0 Å². The lowest BCUT2D eigenvalue weighted by Gasteiger charge is -2.23. The van der Waals surface area contributed by atoms with E-state index >= 15 is 0 Å². The molecule has 0 saturated carbocycles. The second kappa shape index (κ2) is 9.56. The maximum atomic E-state index is 6.31. The van der Waals surface area contributed by atoms with Crippen LogP contribution in [0.2, 0.25) is 0 Å². The van der Waals surface area contributed by atoms with Crippen LogP contribution >= 0.6 is 0 Å². The summed E-state index contributed by atoms with van der Waals surface area (Å²) in [6, 6.07) is 20.2. The molecule has 0 spiro atoms. The lowest BCUT2D eigenvalue weighted by atomic mass is 9.92. The SMILES string of the molecule is COc1ccc(CC2=NCCc3ccc(OC)c(OCc4ccccc4)c32)cc1OC. The average Bonchev–Trinajstić information content (AvgIpc) is 2.83. The van der Waals surface area contributed by atoms with Gasteiger partial charge >= 0.3 is 0 Å². The molecule has 0 atom stereocenters. The number of aliphatic imine (C=N–C) groups is 1. The largest absolute Gasteiger partial charge is 0.493 e. The van der Waals surface area contributed by atoms with Crippen molar-refractivity contribution in [3.05, 3.63) is 82.9 Å². The first-order valence-electron chi connectivity index (χ1n) is 10.3. The Bertz CT molecular complexity index is 1080. The summed E-state index contributed by atoms with van der Waals surface area (Å²) in [7, 11) is 4.96. The lowest BCUT2D eigenvalue weighted by molar-refractivity contribution is 0.283. The van der Waals surface area contributed by atoms with Crippen LogP contribution in [0.3, 0.4) is 0 Å². The molecule has 5 heteroatoms. The van der Waals surface area contributed by atoms with Gasteiger partial charge in [-0.2, -0.15) is 0 Å². The van der Waals surface area contributed by atoms with Crippen LogP contribution in [-0.4, -0.2) is 33.6 Å². The molecule has 31 heavy (non-hydrogen) atoms. The number of ether oxygens (including phenoxy) is 4. The van der Waals surface area contributed by atoms with E-state index in [0.717, 1.165) is 46.9 Å². The molecule has 0 saturated heterocycles. The van der Waals surface area contributed by atoms with Crippen LogP contribution in [0, 0.1) is 0 Å². The van der Waals surface area contributed by atoms with Gasteiger partial charge in [-0.3, -0.25) is 4.99 Å². The molecule has 0 unspecified atom stereocenters. The first-order valence-corrected chi connectivity index (χ1v) is 10.3. The van der Waals surface area contributed by atoms with E-state index < -0.39 is 0 Å². The van der Waals surface area contributed by atoms with Crippen LogP contribution in [0.5, 0.6) is 23.0 Å². The maximum absolute atomic E-state index is 6.31. The number of hydrogen-bond donors (Lipinski definition) is 0. The summed E-state index contributed by atoms with van der Waals surface area (Å²) in [5.41, 5.74) is 5.47. The third-order valence-corrected chi connectivity index (χ3v) is 5.45. The Hall–Kier alpha value is -3.47. The number of rotatable bonds is 8. The molecule has 1 aliphatic heterocycles. The van der Waals surface area contributed by atoms with Crippen molar-refractivity contribution < 1.29 is 18.9 Å². The first-order chi connectivity index (χ1) is 15.2. The van der Waals surface area contributed by atoms with E-state index in [-0.39, 0.29) is 0 Å². The van der Waals surface area contributed by atoms with Crippen molar-refractivity contribution in [1.82, 2.24) is 0 Å². The topological polar surface area (TPSA) is 49.3 Å². The summed E-state index contributed by atoms with van der Waals surface area (Å²) in [5.74, 6) is 2.90. The van der Waals surface area contributed by atoms with Crippen LogP contribution in [0.4, 0.5) is 0 Å². The van der Waals surface area contributed by atoms with E-state index in [1.54, 1.807) is 21.3 Å². The number of methoxy groups -OCH3 is 3. The number of benzene rings is 3. The molecule has 5 nitrogen and oxygen atoms in total. The van der Waals surface area contributed by atoms with Gasteiger partial charge in [0.1, 0.15) is 6.61 Å². The fourth-order valence-corrected chi connectivity index (χ4v) is 3.88. The van der Waals surface area contributed by atoms with Crippen molar-refractivity contribution in [3.8, 4) is 23.0 Å². The van der Waals surface area contributed by atoms with Gasteiger partial charge in [-0.1, -0.05) is 42.5 Å². The van der Waals surface area contributed by atoms with Gasteiger partial charge in [-0.05, 0) is 41.3 Å². The van der Waals surface area contributed by atoms with E-state index in [4.69, 9.17) is 23.9 Å². The molecule has 3 aromatic carbocycles. The highest BCUT2D eigenvalue weighted by Gasteiger charge is 2.23. The predicted octanol–water partition coefficient (Wildman–Crippen LogP) is 4.88. The molecule has 0 radical (unpaired) electrons. The van der Waals surface area contributed by atoms with E-state index in [2.05, 4.69) is 18.2 Å². The number of hydrogen-bond acceptors (Lipinski definition) is 5. The van der Waals surface area contributed by atoms with Crippen LogP contribution in [0.25, 0.3) is 0 Å². The van der Waals surface area contributed by atoms with E-state index in [1.807, 2.05) is 42.5 Å². The second-order valence-electron chi connectivity index (χ2n) is 7.35. The fraction of sp³-hybridized carbons (Fsp3) is 0.269. The zero-order valence-corrected chi connectivity index (χ0v) is 18.2. The van der Waals surface area contributed by atoms with Crippen LogP contribution in [0.15, 0.2) is 65.7 Å². The zero-order valence-electron chi connectivity index (χ0n) is 18.2. The smallest absolute Gasteiger partial charge is 0.170 e. The van der Waals surface area contributed by atoms with Crippen molar-refractivity contribution in [2.75, 3.05) is 27.9 Å². The predicted molar refractivity (Wildman–Crippen MR) is 122 cm³/mol. The molecule has 3 aromatic rings. The fourth-order valence-electron chi connectivity index (χ4n) is 3.88. The van der Waals surface area contributed by atoms with Gasteiger partial charge < -0.3 is 18.9 Å². The van der Waals surface area contributed by atoms with Crippen LogP contribution < -0.4 is 18.9 Å². The van der Waals surface area contributed by atoms with Crippen molar-refractivity contribution in [2.24, 2.45) is 4.99 Å². The molecule has 0 N–H and O–H groups in total. The van der Waals surface area contributed by atoms with E-state index in [0.29, 0.717) is 24.5 Å². The standard InChI is InChI=1S/C26H27NO4/c1-28-22-11-9-19(16-24(22)30-3)15-21-25-20(13-14-27-21)10-12-23(29-2)26(25)31-17-18-7-5-4-6-8-18/h4-12,16H,13-15,17H2,1-3H3. The minimum absolute atomic E-state index is 0.470. The van der Waals surface area contributed by atoms with E-state index in [1.165, 1.54) is 5.56 Å². The Morgan fingerprint density at radius 1 is 0.774 bits per heavy atom. The van der Waals surface area contributed by atoms with Gasteiger partial charge in [0.15, 0.2) is 23.0 Å². The molecule has 4 rings (SSSR count). The Labute approximate surface area is 183 Å². The second-order valence-corrected chi connectivity index (χ2v) is 7.35. The molecule has 0 amide bonds. The monoisotopic (exact) mass is 417 g/mol. The molecular weight excluding hydrogens is 390 g/mol. The summed E-state index contributed by atoms with van der Waals surface area (Å²) in [6.45, 7) is 1.23. The molecule has 0 aromatic heterocycles. The quantitative estimate of drug-likeness (QED) is 0.524. The van der Waals surface area contributed by atoms with Crippen molar-refractivity contribution >= 4 is 5.71 Å². The van der Waals surface area contributed by atoms with Gasteiger partial charge in [0.05, 0.1) is 27.0 Å². The highest BCUT2D eigenvalue weighted by atomic mass is 16.5. The Balaban J connectivity index is 1.68. The van der Waals surface area contributed by atoms with Crippen molar-refractivity contribution in [3.63, 3.8) is 0 Å². The molecule has 160 valence electrons. The number of fused-ring (bicyclic) bond motifs is 1. The summed E-state index contributed by atoms with van der Waals surface area (Å²) in [5, 5.41) is 0. The Morgan fingerprint density at radius 2 is 1.52 bits per heavy atom. The third-order valence-electron chi connectivity index (χ3n) is 5.45. The molecule has 0 fully saturated rings. The van der Waals surface area contributed by atoms with Gasteiger partial charge in [-0.15, -0.1) is 0 Å². The zero-order chi connectivity index (χ0) is 21.6. The van der Waals surface area contributed by atoms with Gasteiger partial charge in [0.2, 0.25) is 0 Å². The highest BCUT2D eigenvalue weighted by molar-refractivity contribution is 6.06. The molecule has 0 aliphatic carbocycles. The van der Waals surface area contributed by atoms with Gasteiger partial charge in [0, 0.05) is 18.5 Å². The summed E-state index contributed by atoms with van der Waals surface area (Å²) < 4.78 is 22.8. The van der Waals surface area contributed by atoms with Crippen LogP contribution in [0.1, 0.15) is 22.3 Å². The van der Waals surface area contributed by atoms with Crippen LogP contribution in [-0.2, 0) is 19.4 Å². The minimum Gasteiger partial charge on any atom is -0.493 e. The summed E-state index contributed by atoms with van der Waals surface area (Å²) in [6.07, 6.45) is 1.55. The average molecular weight is 418 g/mol. The summed E-state index contributed by atoms with van der Waals surface area (Å²) in [4.78, 5) is 4.86. The maximum Gasteiger partial charge on any atom is 0.170 e. The lowest BCUT2D eigenvalue weighted by Crippen LogP contribution is -2.18. The minimum atomic E-state index is 0.470. The van der Waals surface area contributed by atoms with Crippen molar-refractivity contribution in [1.29, 1.82) is 0 Å². The normalized spacial score (nSPS) is 12.5. The molecule has 1 heterocycles. The van der Waals surface area contributed by atoms with Crippen molar-refractivity contribution in [2.45, 2.75) is 19.4 Å². The molecule has 0 bridgehead atoms. The van der Waals surface area contributed by atoms with E-state index in [9.17, 15) is 0 Å².